The van der Waals surface area contributed by atoms with Crippen molar-refractivity contribution in [3.8, 4) is 0 Å². The normalized spacial score (nSPS) is 19.2. The van der Waals surface area contributed by atoms with E-state index in [1.807, 2.05) is 24.7 Å². The summed E-state index contributed by atoms with van der Waals surface area (Å²) in [6.07, 6.45) is 6.29. The van der Waals surface area contributed by atoms with Crippen LogP contribution in [0.3, 0.4) is 0 Å². The number of hydrogen-bond donors (Lipinski definition) is 2. The van der Waals surface area contributed by atoms with Gasteiger partial charge in [0, 0.05) is 44.7 Å². The van der Waals surface area contributed by atoms with Gasteiger partial charge >= 0.3 is 12.2 Å². The van der Waals surface area contributed by atoms with E-state index in [1.165, 1.54) is 0 Å². The molecule has 0 radical (unpaired) electrons. The number of likely N-dealkylation sites (tertiary alicyclic amines) is 1. The average Bonchev–Trinajstić information content (AvgIpc) is 3.16. The standard InChI is InChI=1S/C21H29F3N4O2/c22-21(23,24)8-4-19(29)27-11-6-16(7-12-27)3-1-2-9-26-20(30)28-14-17-5-10-25-13-18(17)15-28/h5,10,13-14,16,25H,1-4,6-9,11-12,15H2,(H,26,30). The predicted octanol–water partition coefficient (Wildman–Crippen LogP) is 3.65. The summed E-state index contributed by atoms with van der Waals surface area (Å²) < 4.78 is 36.7. The lowest BCUT2D eigenvalue weighted by atomic mass is 9.91. The zero-order chi connectivity index (χ0) is 21.6. The molecule has 3 aliphatic rings. The zero-order valence-electron chi connectivity index (χ0n) is 17.0. The van der Waals surface area contributed by atoms with Crippen molar-refractivity contribution >= 4 is 11.9 Å². The minimum absolute atomic E-state index is 0.100. The summed E-state index contributed by atoms with van der Waals surface area (Å²) in [6.45, 7) is 2.26. The number of amides is 3. The van der Waals surface area contributed by atoms with Gasteiger partial charge in [0.05, 0.1) is 13.0 Å². The maximum absolute atomic E-state index is 12.3. The van der Waals surface area contributed by atoms with Crippen LogP contribution in [0.5, 0.6) is 0 Å². The zero-order valence-corrected chi connectivity index (χ0v) is 17.0. The van der Waals surface area contributed by atoms with Crippen LogP contribution in [0.4, 0.5) is 18.0 Å². The molecule has 0 spiro atoms. The number of allylic oxidation sites excluding steroid dienone is 1. The number of halogens is 3. The van der Waals surface area contributed by atoms with Gasteiger partial charge in [0.2, 0.25) is 5.91 Å². The van der Waals surface area contributed by atoms with Gasteiger partial charge in [-0.25, -0.2) is 4.79 Å². The van der Waals surface area contributed by atoms with Crippen LogP contribution in [0.2, 0.25) is 0 Å². The Morgan fingerprint density at radius 3 is 2.67 bits per heavy atom. The highest BCUT2D eigenvalue weighted by atomic mass is 19.4. The van der Waals surface area contributed by atoms with Crippen LogP contribution < -0.4 is 10.6 Å². The van der Waals surface area contributed by atoms with Gasteiger partial charge in [-0.3, -0.25) is 9.69 Å². The second-order valence-electron chi connectivity index (χ2n) is 8.05. The molecule has 0 atom stereocenters. The lowest BCUT2D eigenvalue weighted by molar-refractivity contribution is -0.149. The molecule has 3 rings (SSSR count). The molecule has 30 heavy (non-hydrogen) atoms. The quantitative estimate of drug-likeness (QED) is 0.611. The van der Waals surface area contributed by atoms with E-state index in [0.29, 0.717) is 32.1 Å². The number of carbonyl (C=O) groups excluding carboxylic acids is 2. The van der Waals surface area contributed by atoms with Gasteiger partial charge in [-0.15, -0.1) is 0 Å². The lowest BCUT2D eigenvalue weighted by Gasteiger charge is -2.32. The molecule has 0 saturated carbocycles. The molecule has 1 saturated heterocycles. The first-order valence-corrected chi connectivity index (χ1v) is 10.5. The fourth-order valence-electron chi connectivity index (χ4n) is 4.00. The Labute approximate surface area is 174 Å². The number of carbonyl (C=O) groups is 2. The first-order chi connectivity index (χ1) is 14.3. The monoisotopic (exact) mass is 426 g/mol. The molecule has 0 bridgehead atoms. The Hall–Kier alpha value is -2.45. The van der Waals surface area contributed by atoms with Crippen LogP contribution in [0.25, 0.3) is 0 Å². The molecule has 0 unspecified atom stereocenters. The van der Waals surface area contributed by atoms with Crippen molar-refractivity contribution in [2.45, 2.75) is 51.1 Å². The number of alkyl halides is 3. The molecule has 6 nitrogen and oxygen atoms in total. The molecule has 0 aromatic heterocycles. The van der Waals surface area contributed by atoms with Gasteiger partial charge < -0.3 is 15.5 Å². The van der Waals surface area contributed by atoms with E-state index >= 15 is 0 Å². The fourth-order valence-corrected chi connectivity index (χ4v) is 4.00. The number of nitrogens with zero attached hydrogens (tertiary/aromatic N) is 2. The Balaban J connectivity index is 1.25. The van der Waals surface area contributed by atoms with E-state index in [-0.39, 0.29) is 6.03 Å². The number of fused-ring (bicyclic) bond motifs is 1. The largest absolute Gasteiger partial charge is 0.389 e. The highest BCUT2D eigenvalue weighted by Crippen LogP contribution is 2.26. The van der Waals surface area contributed by atoms with Crippen molar-refractivity contribution in [2.75, 3.05) is 26.2 Å². The van der Waals surface area contributed by atoms with E-state index in [0.717, 1.165) is 43.3 Å². The van der Waals surface area contributed by atoms with Crippen molar-refractivity contribution in [3.63, 3.8) is 0 Å². The van der Waals surface area contributed by atoms with E-state index in [9.17, 15) is 22.8 Å². The molecule has 0 aromatic carbocycles. The van der Waals surface area contributed by atoms with Gasteiger partial charge in [0.15, 0.2) is 0 Å². The second kappa shape index (κ2) is 10.0. The Morgan fingerprint density at radius 1 is 1.20 bits per heavy atom. The molecule has 0 aromatic rings. The maximum atomic E-state index is 12.3. The number of rotatable bonds is 7. The van der Waals surface area contributed by atoms with Crippen molar-refractivity contribution in [2.24, 2.45) is 5.92 Å². The van der Waals surface area contributed by atoms with Crippen molar-refractivity contribution in [3.05, 3.63) is 35.8 Å². The third-order valence-electron chi connectivity index (χ3n) is 5.79. The van der Waals surface area contributed by atoms with Crippen LogP contribution >= 0.6 is 0 Å². The number of piperidine rings is 1. The number of unbranched alkanes of at least 4 members (excludes halogenated alkanes) is 1. The number of urea groups is 1. The SMILES string of the molecule is O=C(NCCCCC1CCN(C(=O)CCC(F)(F)F)CC1)N1C=C2C=CNC=C2C1. The second-order valence-corrected chi connectivity index (χ2v) is 8.05. The minimum atomic E-state index is -4.28. The van der Waals surface area contributed by atoms with Crippen molar-refractivity contribution in [1.82, 2.24) is 20.4 Å². The molecule has 3 heterocycles. The molecule has 3 amide bonds. The first kappa shape index (κ1) is 22.2. The maximum Gasteiger partial charge on any atom is 0.389 e. The van der Waals surface area contributed by atoms with Gasteiger partial charge in [-0.2, -0.15) is 13.2 Å². The smallest absolute Gasteiger partial charge is 0.367 e. The van der Waals surface area contributed by atoms with Crippen molar-refractivity contribution in [1.29, 1.82) is 0 Å². The third-order valence-corrected chi connectivity index (χ3v) is 5.79. The van der Waals surface area contributed by atoms with E-state index < -0.39 is 24.9 Å². The molecule has 1 fully saturated rings. The molecule has 3 aliphatic heterocycles. The molecule has 166 valence electrons. The summed E-state index contributed by atoms with van der Waals surface area (Å²) in [5.74, 6) is 0.0947. The summed E-state index contributed by atoms with van der Waals surface area (Å²) >= 11 is 0. The topological polar surface area (TPSA) is 64.7 Å². The van der Waals surface area contributed by atoms with Crippen LogP contribution in [-0.2, 0) is 4.79 Å². The van der Waals surface area contributed by atoms with Crippen LogP contribution in [0.15, 0.2) is 35.8 Å². The van der Waals surface area contributed by atoms with Gasteiger partial charge in [-0.1, -0.05) is 12.8 Å². The highest BCUT2D eigenvalue weighted by Gasteiger charge is 2.30. The lowest BCUT2D eigenvalue weighted by Crippen LogP contribution is -2.39. The Kier molecular flexibility index (Phi) is 7.44. The summed E-state index contributed by atoms with van der Waals surface area (Å²) in [5, 5.41) is 5.97. The average molecular weight is 426 g/mol. The minimum Gasteiger partial charge on any atom is -0.367 e. The number of dihydropyridines is 1. The molecular formula is C21H29F3N4O2. The van der Waals surface area contributed by atoms with E-state index in [1.54, 1.807) is 9.80 Å². The van der Waals surface area contributed by atoms with E-state index in [4.69, 9.17) is 0 Å². The van der Waals surface area contributed by atoms with Gasteiger partial charge in [-0.05, 0) is 42.4 Å². The summed E-state index contributed by atoms with van der Waals surface area (Å²) in [7, 11) is 0. The van der Waals surface area contributed by atoms with Crippen molar-refractivity contribution < 1.29 is 22.8 Å². The summed E-state index contributed by atoms with van der Waals surface area (Å²) in [4.78, 5) is 27.4. The van der Waals surface area contributed by atoms with Gasteiger partial charge in [0.1, 0.15) is 0 Å². The Morgan fingerprint density at radius 2 is 1.97 bits per heavy atom. The predicted molar refractivity (Wildman–Crippen MR) is 107 cm³/mol. The number of nitrogens with one attached hydrogen (secondary N) is 2. The van der Waals surface area contributed by atoms with Crippen LogP contribution in [-0.4, -0.2) is 54.1 Å². The summed E-state index contributed by atoms with van der Waals surface area (Å²) in [6, 6.07) is -0.100. The molecule has 9 heteroatoms. The van der Waals surface area contributed by atoms with Crippen LogP contribution in [0.1, 0.15) is 44.9 Å². The highest BCUT2D eigenvalue weighted by molar-refractivity contribution is 5.77. The number of hydrogen-bond acceptors (Lipinski definition) is 3. The Bertz CT molecular complexity index is 722. The molecular weight excluding hydrogens is 397 g/mol. The van der Waals surface area contributed by atoms with Crippen LogP contribution in [0, 0.1) is 5.92 Å². The summed E-state index contributed by atoms with van der Waals surface area (Å²) in [5.41, 5.74) is 2.14. The fraction of sp³-hybridized carbons (Fsp3) is 0.619. The third kappa shape index (κ3) is 6.53. The van der Waals surface area contributed by atoms with E-state index in [2.05, 4.69) is 10.6 Å². The molecule has 0 aliphatic carbocycles. The van der Waals surface area contributed by atoms with Gasteiger partial charge in [0.25, 0.3) is 0 Å². The molecule has 2 N–H and O–H groups in total. The first-order valence-electron chi connectivity index (χ1n) is 10.5.